The molecule has 8 unspecified atom stereocenters. The number of sulfone groups is 1. The van der Waals surface area contributed by atoms with Crippen LogP contribution >= 0.6 is 0 Å². The lowest BCUT2D eigenvalue weighted by molar-refractivity contribution is 0.133. The van der Waals surface area contributed by atoms with Crippen LogP contribution in [0.4, 0.5) is 0 Å². The van der Waals surface area contributed by atoms with Crippen molar-refractivity contribution in [3.63, 3.8) is 0 Å². The molecule has 7 aliphatic carbocycles. The van der Waals surface area contributed by atoms with Gasteiger partial charge in [-0.2, -0.15) is 0 Å². The van der Waals surface area contributed by atoms with E-state index in [1.807, 2.05) is 18.2 Å². The molecular weight excluding hydrogens is 280 g/mol. The molecule has 3 heteroatoms. The highest BCUT2D eigenvalue weighted by atomic mass is 32.2. The van der Waals surface area contributed by atoms with Gasteiger partial charge in [0.15, 0.2) is 9.84 Å². The van der Waals surface area contributed by atoms with E-state index in [1.165, 1.54) is 12.8 Å². The summed E-state index contributed by atoms with van der Waals surface area (Å²) in [4.78, 5) is 0.569. The normalized spacial score (nSPS) is 62.2. The summed E-state index contributed by atoms with van der Waals surface area (Å²) in [6.07, 6.45) is 7.23. The van der Waals surface area contributed by atoms with Crippen LogP contribution in [0.25, 0.3) is 0 Å². The summed E-state index contributed by atoms with van der Waals surface area (Å²) in [6.45, 7) is 0. The molecule has 8 rings (SSSR count). The molecule has 2 nitrogen and oxygen atoms in total. The molecule has 106 valence electrons. The highest BCUT2D eigenvalue weighted by molar-refractivity contribution is 7.93. The van der Waals surface area contributed by atoms with Crippen LogP contribution in [-0.2, 0) is 9.84 Å². The molecule has 1 aromatic carbocycles. The molecule has 0 radical (unpaired) electrons. The SMILES string of the molecule is O=S(=O)(c1ccccc1)C12C3C4CC1C21C2C=CC(C2)C431. The average molecular weight is 296 g/mol. The smallest absolute Gasteiger partial charge is 0.185 e. The quantitative estimate of drug-likeness (QED) is 0.786. The first-order valence-electron chi connectivity index (χ1n) is 8.14. The molecule has 1 aromatic rings. The minimum atomic E-state index is -3.17. The second-order valence-corrected chi connectivity index (χ2v) is 10.3. The zero-order chi connectivity index (χ0) is 13.8. The summed E-state index contributed by atoms with van der Waals surface area (Å²) in [5.74, 6) is 2.99. The van der Waals surface area contributed by atoms with Gasteiger partial charge in [0.25, 0.3) is 0 Å². The van der Waals surface area contributed by atoms with Crippen molar-refractivity contribution in [2.24, 2.45) is 40.4 Å². The topological polar surface area (TPSA) is 34.1 Å². The number of benzene rings is 1. The minimum Gasteiger partial charge on any atom is -0.223 e. The predicted molar refractivity (Wildman–Crippen MR) is 77.0 cm³/mol. The Morgan fingerprint density at radius 2 is 1.76 bits per heavy atom. The molecule has 4 bridgehead atoms. The van der Waals surface area contributed by atoms with Crippen LogP contribution in [-0.4, -0.2) is 13.2 Å². The Bertz CT molecular complexity index is 868. The van der Waals surface area contributed by atoms with E-state index in [9.17, 15) is 8.42 Å². The fraction of sp³-hybridized carbons (Fsp3) is 0.556. The lowest BCUT2D eigenvalue weighted by Crippen LogP contribution is -2.50. The van der Waals surface area contributed by atoms with E-state index in [1.54, 1.807) is 12.1 Å². The van der Waals surface area contributed by atoms with Crippen molar-refractivity contribution in [1.82, 2.24) is 0 Å². The number of hydrogen-bond donors (Lipinski definition) is 0. The fourth-order valence-electron chi connectivity index (χ4n) is 8.70. The summed E-state index contributed by atoms with van der Waals surface area (Å²) in [6, 6.07) is 9.24. The Balaban J connectivity index is 1.51. The highest BCUT2D eigenvalue weighted by Crippen LogP contribution is 3.14. The van der Waals surface area contributed by atoms with Crippen molar-refractivity contribution < 1.29 is 8.42 Å². The van der Waals surface area contributed by atoms with Gasteiger partial charge in [-0.15, -0.1) is 0 Å². The third-order valence-electron chi connectivity index (χ3n) is 8.50. The number of rotatable bonds is 2. The summed E-state index contributed by atoms with van der Waals surface area (Å²) in [5.41, 5.74) is 0.613. The summed E-state index contributed by atoms with van der Waals surface area (Å²) in [5, 5.41) is 0. The van der Waals surface area contributed by atoms with Gasteiger partial charge < -0.3 is 0 Å². The van der Waals surface area contributed by atoms with Gasteiger partial charge in [-0.1, -0.05) is 30.4 Å². The van der Waals surface area contributed by atoms with Crippen molar-refractivity contribution in [2.75, 3.05) is 0 Å². The van der Waals surface area contributed by atoms with Gasteiger partial charge in [0.1, 0.15) is 0 Å². The molecule has 0 N–H and O–H groups in total. The first-order valence-corrected chi connectivity index (χ1v) is 9.62. The Hall–Kier alpha value is -1.09. The Kier molecular flexibility index (Phi) is 1.23. The van der Waals surface area contributed by atoms with Crippen molar-refractivity contribution in [3.05, 3.63) is 42.5 Å². The molecular formula is C18H16O2S. The van der Waals surface area contributed by atoms with Crippen molar-refractivity contribution >= 4 is 9.84 Å². The molecule has 0 saturated heterocycles. The van der Waals surface area contributed by atoms with Gasteiger partial charge in [0, 0.05) is 5.41 Å². The fourth-order valence-corrected chi connectivity index (χ4v) is 11.8. The van der Waals surface area contributed by atoms with Crippen LogP contribution in [0.2, 0.25) is 0 Å². The third kappa shape index (κ3) is 0.600. The van der Waals surface area contributed by atoms with Crippen molar-refractivity contribution in [1.29, 1.82) is 0 Å². The summed E-state index contributed by atoms with van der Waals surface area (Å²) >= 11 is 0. The second-order valence-electron chi connectivity index (χ2n) is 8.12. The molecule has 6 fully saturated rings. The molecule has 0 aliphatic heterocycles. The molecule has 0 amide bonds. The highest BCUT2D eigenvalue weighted by Gasteiger charge is 3.17. The maximum Gasteiger partial charge on any atom is 0.185 e. The summed E-state index contributed by atoms with van der Waals surface area (Å²) in [7, 11) is -3.17. The lowest BCUT2D eigenvalue weighted by atomic mass is 9.65. The third-order valence-corrected chi connectivity index (χ3v) is 11.2. The standard InChI is InChI=1S/C18H16O2S/c19-21(20,12-4-2-1-3-5-12)18-14-9-13-15(18)16(13)10-6-7-11(8-10)17(14,16)18/h1-7,10-11,13-15H,8-9H2. The number of hydrogen-bond acceptors (Lipinski definition) is 2. The van der Waals surface area contributed by atoms with Crippen LogP contribution < -0.4 is 0 Å². The largest absolute Gasteiger partial charge is 0.223 e. The maximum absolute atomic E-state index is 13.4. The van der Waals surface area contributed by atoms with Gasteiger partial charge in [0.05, 0.1) is 9.64 Å². The molecule has 8 atom stereocenters. The zero-order valence-electron chi connectivity index (χ0n) is 11.6. The van der Waals surface area contributed by atoms with Crippen LogP contribution in [0.15, 0.2) is 47.4 Å². The second kappa shape index (κ2) is 2.44. The summed E-state index contributed by atoms with van der Waals surface area (Å²) < 4.78 is 26.5. The van der Waals surface area contributed by atoms with Gasteiger partial charge >= 0.3 is 0 Å². The van der Waals surface area contributed by atoms with Crippen LogP contribution in [0.1, 0.15) is 12.8 Å². The van der Waals surface area contributed by atoms with E-state index in [0.717, 1.165) is 5.92 Å². The van der Waals surface area contributed by atoms with Crippen LogP contribution in [0.3, 0.4) is 0 Å². The molecule has 21 heavy (non-hydrogen) atoms. The van der Waals surface area contributed by atoms with E-state index in [0.29, 0.717) is 34.0 Å². The van der Waals surface area contributed by atoms with E-state index in [2.05, 4.69) is 12.2 Å². The van der Waals surface area contributed by atoms with Gasteiger partial charge in [0.2, 0.25) is 0 Å². The van der Waals surface area contributed by atoms with Crippen LogP contribution in [0, 0.1) is 40.4 Å². The average Bonchev–Trinajstić information content (AvgIpc) is 2.96. The van der Waals surface area contributed by atoms with E-state index in [4.69, 9.17) is 0 Å². The predicted octanol–water partition coefficient (Wildman–Crippen LogP) is 2.67. The lowest BCUT2D eigenvalue weighted by Gasteiger charge is -2.43. The molecule has 6 saturated carbocycles. The minimum absolute atomic E-state index is 0.170. The van der Waals surface area contributed by atoms with Crippen LogP contribution in [0.5, 0.6) is 0 Å². The number of fused-ring (bicyclic) bond motifs is 2. The van der Waals surface area contributed by atoms with Gasteiger partial charge in [-0.05, 0) is 60.0 Å². The van der Waals surface area contributed by atoms with Crippen molar-refractivity contribution in [3.8, 4) is 0 Å². The Morgan fingerprint density at radius 1 is 1.00 bits per heavy atom. The molecule has 0 aromatic heterocycles. The van der Waals surface area contributed by atoms with Crippen molar-refractivity contribution in [2.45, 2.75) is 22.5 Å². The van der Waals surface area contributed by atoms with E-state index >= 15 is 0 Å². The first-order chi connectivity index (χ1) is 10.2. The molecule has 7 aliphatic rings. The van der Waals surface area contributed by atoms with E-state index < -0.39 is 9.84 Å². The Morgan fingerprint density at radius 3 is 2.57 bits per heavy atom. The zero-order valence-corrected chi connectivity index (χ0v) is 12.4. The monoisotopic (exact) mass is 296 g/mol. The number of allylic oxidation sites excluding steroid dienone is 2. The Labute approximate surface area is 124 Å². The molecule has 2 spiro atoms. The first kappa shape index (κ1) is 10.6. The van der Waals surface area contributed by atoms with E-state index in [-0.39, 0.29) is 10.2 Å². The maximum atomic E-state index is 13.4. The molecule has 0 heterocycles. The van der Waals surface area contributed by atoms with Gasteiger partial charge in [-0.3, -0.25) is 0 Å². The van der Waals surface area contributed by atoms with Gasteiger partial charge in [-0.25, -0.2) is 8.42 Å².